The summed E-state index contributed by atoms with van der Waals surface area (Å²) in [5.41, 5.74) is 6.31. The van der Waals surface area contributed by atoms with Gasteiger partial charge in [-0.2, -0.15) is 4.31 Å². The van der Waals surface area contributed by atoms with Gasteiger partial charge in [0.25, 0.3) is 5.56 Å². The van der Waals surface area contributed by atoms with E-state index in [1.807, 2.05) is 0 Å². The first-order chi connectivity index (χ1) is 13.7. The lowest BCUT2D eigenvalue weighted by Crippen LogP contribution is -2.53. The Morgan fingerprint density at radius 2 is 1.83 bits per heavy atom. The van der Waals surface area contributed by atoms with Gasteiger partial charge in [-0.05, 0) is 36.8 Å². The van der Waals surface area contributed by atoms with Crippen LogP contribution in [0, 0.1) is 12.3 Å². The summed E-state index contributed by atoms with van der Waals surface area (Å²) in [6.07, 6.45) is 4.24. The highest BCUT2D eigenvalue weighted by Gasteiger charge is 2.39. The zero-order valence-corrected chi connectivity index (χ0v) is 16.5. The van der Waals surface area contributed by atoms with E-state index >= 15 is 0 Å². The van der Waals surface area contributed by atoms with Gasteiger partial charge >= 0.3 is 0 Å². The van der Waals surface area contributed by atoms with Crippen LogP contribution in [0.3, 0.4) is 0 Å². The van der Waals surface area contributed by atoms with Crippen LogP contribution >= 0.6 is 0 Å². The van der Waals surface area contributed by atoms with Crippen molar-refractivity contribution in [1.82, 2.24) is 8.87 Å². The predicted molar refractivity (Wildman–Crippen MR) is 108 cm³/mol. The first-order valence-corrected chi connectivity index (χ1v) is 10.7. The van der Waals surface area contributed by atoms with Crippen LogP contribution < -0.4 is 16.6 Å². The fourth-order valence-corrected chi connectivity index (χ4v) is 4.25. The van der Waals surface area contributed by atoms with Crippen molar-refractivity contribution >= 4 is 27.5 Å². The lowest BCUT2D eigenvalue weighted by Gasteiger charge is -2.35. The molecule has 0 saturated carbocycles. The van der Waals surface area contributed by atoms with Gasteiger partial charge < -0.3 is 11.1 Å². The third-order valence-electron chi connectivity index (χ3n) is 4.68. The van der Waals surface area contributed by atoms with Gasteiger partial charge in [0.05, 0.1) is 6.26 Å². The van der Waals surface area contributed by atoms with E-state index in [2.05, 4.69) is 5.32 Å². The minimum absolute atomic E-state index is 0.0247. The molecule has 2 amide bonds. The van der Waals surface area contributed by atoms with Crippen LogP contribution in [-0.2, 0) is 19.6 Å². The van der Waals surface area contributed by atoms with Crippen molar-refractivity contribution in [2.45, 2.75) is 12.5 Å². The highest BCUT2D eigenvalue weighted by Crippen LogP contribution is 2.25. The summed E-state index contributed by atoms with van der Waals surface area (Å²) in [5, 5.41) is 2.74. The lowest BCUT2D eigenvalue weighted by atomic mass is 9.91. The third-order valence-corrected chi connectivity index (χ3v) is 5.94. The van der Waals surface area contributed by atoms with Gasteiger partial charge in [0.1, 0.15) is 6.04 Å². The quantitative estimate of drug-likeness (QED) is 0.713. The summed E-state index contributed by atoms with van der Waals surface area (Å²) in [4.78, 5) is 36.1. The molecule has 9 nitrogen and oxygen atoms in total. The number of carbonyl (C=O) groups is 2. The minimum atomic E-state index is -3.62. The van der Waals surface area contributed by atoms with E-state index in [4.69, 9.17) is 5.73 Å². The second-order valence-electron chi connectivity index (χ2n) is 6.75. The van der Waals surface area contributed by atoms with Crippen LogP contribution in [0.4, 0.5) is 5.69 Å². The van der Waals surface area contributed by atoms with Crippen LogP contribution in [0.2, 0.25) is 0 Å². The Balaban J connectivity index is 1.70. The van der Waals surface area contributed by atoms with Crippen LogP contribution in [0.15, 0.2) is 53.5 Å². The van der Waals surface area contributed by atoms with Gasteiger partial charge in [0, 0.05) is 42.5 Å². The number of sulfonamides is 1. The van der Waals surface area contributed by atoms with Crippen molar-refractivity contribution in [2.75, 3.05) is 18.1 Å². The molecule has 1 aliphatic rings. The molecule has 2 heterocycles. The normalized spacial score (nSPS) is 20.2. The molecular weight excluding hydrogens is 396 g/mol. The van der Waals surface area contributed by atoms with Gasteiger partial charge in [0.15, 0.2) is 0 Å². The number of rotatable bonds is 5. The number of primary amides is 1. The lowest BCUT2D eigenvalue weighted by molar-refractivity contribution is -0.123. The maximum absolute atomic E-state index is 12.6. The number of nitrogens with two attached hydrogens (primary N) is 1. The van der Waals surface area contributed by atoms with Gasteiger partial charge in [0.2, 0.25) is 21.8 Å². The van der Waals surface area contributed by atoms with E-state index in [-0.39, 0.29) is 24.4 Å². The molecule has 1 aliphatic heterocycles. The van der Waals surface area contributed by atoms with E-state index in [0.29, 0.717) is 11.4 Å². The molecule has 3 rings (SSSR count). The number of benzene rings is 1. The van der Waals surface area contributed by atoms with E-state index in [1.54, 1.807) is 42.6 Å². The number of anilines is 1. The molecule has 1 saturated heterocycles. The van der Waals surface area contributed by atoms with E-state index in [9.17, 15) is 22.8 Å². The zero-order chi connectivity index (χ0) is 21.2. The molecule has 0 aliphatic carbocycles. The number of carbonyl (C=O) groups excluding carboxylic acids is 2. The van der Waals surface area contributed by atoms with Crippen molar-refractivity contribution in [3.63, 3.8) is 0 Å². The van der Waals surface area contributed by atoms with Crippen LogP contribution in [0.1, 0.15) is 6.42 Å². The summed E-state index contributed by atoms with van der Waals surface area (Å²) in [5.74, 6) is -1.86. The SMILES string of the molecule is CS(=O)(=O)N1CCC(C(=O)Nc2ccc(-n3ccccc3=O)cc2)[CH]C1C(N)=O. The molecule has 2 atom stereocenters. The maximum atomic E-state index is 12.6. The van der Waals surface area contributed by atoms with Gasteiger partial charge in [-0.15, -0.1) is 0 Å². The number of amides is 2. The first kappa shape index (κ1) is 20.7. The summed E-state index contributed by atoms with van der Waals surface area (Å²) in [6, 6.07) is 10.4. The van der Waals surface area contributed by atoms with Gasteiger partial charge in [-0.1, -0.05) is 6.07 Å². The standard InChI is InChI=1S/C19H21N4O5S/c1-29(27,28)23-11-9-13(12-16(23)18(20)25)19(26)21-14-5-7-15(8-6-14)22-10-3-2-4-17(22)24/h2-8,10,12-13,16H,9,11H2,1H3,(H2,20,25)(H,21,26). The number of pyridine rings is 1. The second-order valence-corrected chi connectivity index (χ2v) is 8.69. The molecule has 153 valence electrons. The fourth-order valence-electron chi connectivity index (χ4n) is 3.23. The van der Waals surface area contributed by atoms with E-state index < -0.39 is 27.9 Å². The molecule has 1 aromatic heterocycles. The monoisotopic (exact) mass is 417 g/mol. The van der Waals surface area contributed by atoms with Gasteiger partial charge in [-0.3, -0.25) is 19.0 Å². The summed E-state index contributed by atoms with van der Waals surface area (Å²) in [6.45, 7) is 0.0247. The minimum Gasteiger partial charge on any atom is -0.368 e. The van der Waals surface area contributed by atoms with Crippen molar-refractivity contribution in [3.8, 4) is 5.69 Å². The van der Waals surface area contributed by atoms with E-state index in [0.717, 1.165) is 10.6 Å². The number of hydrogen-bond acceptors (Lipinski definition) is 5. The van der Waals surface area contributed by atoms with Crippen LogP contribution in [0.25, 0.3) is 5.69 Å². The number of nitrogens with one attached hydrogen (secondary N) is 1. The summed E-state index contributed by atoms with van der Waals surface area (Å²) in [7, 11) is -3.62. The van der Waals surface area contributed by atoms with Crippen molar-refractivity contribution in [3.05, 3.63) is 65.4 Å². The average Bonchev–Trinajstić information content (AvgIpc) is 2.68. The molecule has 1 fully saturated rings. The molecule has 1 radical (unpaired) electrons. The average molecular weight is 417 g/mol. The summed E-state index contributed by atoms with van der Waals surface area (Å²) < 4.78 is 26.1. The Morgan fingerprint density at radius 3 is 2.41 bits per heavy atom. The number of hydrogen-bond donors (Lipinski definition) is 2. The van der Waals surface area contributed by atoms with Crippen molar-refractivity contribution in [2.24, 2.45) is 11.7 Å². The highest BCUT2D eigenvalue weighted by atomic mass is 32.2. The molecule has 2 unspecified atom stereocenters. The number of piperidine rings is 1. The Hall–Kier alpha value is -2.98. The Morgan fingerprint density at radius 1 is 1.14 bits per heavy atom. The Labute approximate surface area is 168 Å². The zero-order valence-electron chi connectivity index (χ0n) is 15.7. The number of nitrogens with zero attached hydrogens (tertiary/aromatic N) is 2. The molecule has 1 aromatic carbocycles. The molecule has 0 bridgehead atoms. The molecule has 10 heteroatoms. The third kappa shape index (κ3) is 4.72. The second kappa shape index (κ2) is 8.18. The maximum Gasteiger partial charge on any atom is 0.255 e. The first-order valence-electron chi connectivity index (χ1n) is 8.87. The highest BCUT2D eigenvalue weighted by molar-refractivity contribution is 7.88. The molecule has 0 spiro atoms. The largest absolute Gasteiger partial charge is 0.368 e. The summed E-state index contributed by atoms with van der Waals surface area (Å²) >= 11 is 0. The van der Waals surface area contributed by atoms with E-state index in [1.165, 1.54) is 17.1 Å². The van der Waals surface area contributed by atoms with Crippen LogP contribution in [-0.4, -0.2) is 47.9 Å². The van der Waals surface area contributed by atoms with Crippen LogP contribution in [0.5, 0.6) is 0 Å². The van der Waals surface area contributed by atoms with Crippen molar-refractivity contribution in [1.29, 1.82) is 0 Å². The van der Waals surface area contributed by atoms with Gasteiger partial charge in [-0.25, -0.2) is 8.42 Å². The number of aromatic nitrogens is 1. The molecule has 29 heavy (non-hydrogen) atoms. The predicted octanol–water partition coefficient (Wildman–Crippen LogP) is 0.116. The fraction of sp³-hybridized carbons (Fsp3) is 0.263. The molecule has 2 aromatic rings. The Kier molecular flexibility index (Phi) is 5.85. The Bertz CT molecular complexity index is 1080. The topological polar surface area (TPSA) is 132 Å². The molecule has 3 N–H and O–H groups in total. The smallest absolute Gasteiger partial charge is 0.255 e. The van der Waals surface area contributed by atoms with Crippen molar-refractivity contribution < 1.29 is 18.0 Å². The molecular formula is C19H21N4O5S.